The Labute approximate surface area is 85.5 Å². The van der Waals surface area contributed by atoms with Crippen molar-refractivity contribution in [2.75, 3.05) is 13.2 Å². The van der Waals surface area contributed by atoms with Gasteiger partial charge in [-0.25, -0.2) is 0 Å². The van der Waals surface area contributed by atoms with Gasteiger partial charge in [0, 0.05) is 13.2 Å². The molecule has 0 aliphatic rings. The molecule has 0 N–H and O–H groups in total. The summed E-state index contributed by atoms with van der Waals surface area (Å²) in [4.78, 5) is 0. The zero-order chi connectivity index (χ0) is 6.12. The van der Waals surface area contributed by atoms with E-state index < -0.39 is 0 Å². The Morgan fingerprint density at radius 3 is 1.33 bits per heavy atom. The molecule has 9 heavy (non-hydrogen) atoms. The number of halogens is 1. The SMILES string of the molecule is CCOCC.[Br-].[CH2-]C.[Mg+2]. The third kappa shape index (κ3) is 46.5. The molecule has 0 atom stereocenters. The van der Waals surface area contributed by atoms with Gasteiger partial charge < -0.3 is 28.6 Å². The van der Waals surface area contributed by atoms with Crippen LogP contribution in [-0.2, 0) is 4.74 Å². The zero-order valence-electron chi connectivity index (χ0n) is 6.61. The maximum atomic E-state index is 4.83. The Morgan fingerprint density at radius 2 is 1.33 bits per heavy atom. The third-order valence-corrected chi connectivity index (χ3v) is 0.408. The molecule has 0 aromatic heterocycles. The van der Waals surface area contributed by atoms with Crippen molar-refractivity contribution in [3.63, 3.8) is 0 Å². The van der Waals surface area contributed by atoms with Crippen LogP contribution in [-0.4, -0.2) is 36.3 Å². The Bertz CT molecular complexity index is 20.5. The molecule has 0 unspecified atom stereocenters. The topological polar surface area (TPSA) is 9.23 Å². The Morgan fingerprint density at radius 1 is 1.11 bits per heavy atom. The van der Waals surface area contributed by atoms with Gasteiger partial charge >= 0.3 is 23.1 Å². The maximum Gasteiger partial charge on any atom is 2.00 e. The van der Waals surface area contributed by atoms with Gasteiger partial charge in [-0.05, 0) is 13.8 Å². The molecule has 0 heterocycles. The molecular weight excluding hydrogens is 192 g/mol. The van der Waals surface area contributed by atoms with E-state index in [-0.39, 0.29) is 40.0 Å². The molecule has 0 saturated carbocycles. The average molecular weight is 207 g/mol. The van der Waals surface area contributed by atoms with Gasteiger partial charge in [0.05, 0.1) is 0 Å². The van der Waals surface area contributed by atoms with Crippen LogP contribution in [0.25, 0.3) is 0 Å². The van der Waals surface area contributed by atoms with Gasteiger partial charge in [-0.2, -0.15) is 6.92 Å². The van der Waals surface area contributed by atoms with Gasteiger partial charge in [0.1, 0.15) is 0 Å². The summed E-state index contributed by atoms with van der Waals surface area (Å²) in [6, 6.07) is 0. The Kier molecular flexibility index (Phi) is 87.4. The normalized spacial score (nSPS) is 5.33. The minimum atomic E-state index is 0. The first-order valence-electron chi connectivity index (χ1n) is 2.70. The molecule has 0 bridgehead atoms. The van der Waals surface area contributed by atoms with Crippen LogP contribution in [0, 0.1) is 6.92 Å². The summed E-state index contributed by atoms with van der Waals surface area (Å²) < 4.78 is 4.83. The van der Waals surface area contributed by atoms with Crippen molar-refractivity contribution in [3.8, 4) is 0 Å². The zero-order valence-corrected chi connectivity index (χ0v) is 9.61. The van der Waals surface area contributed by atoms with E-state index in [1.807, 2.05) is 13.8 Å². The molecule has 0 amide bonds. The van der Waals surface area contributed by atoms with Crippen LogP contribution in [0.15, 0.2) is 0 Å². The summed E-state index contributed by atoms with van der Waals surface area (Å²) in [5.74, 6) is 0. The summed E-state index contributed by atoms with van der Waals surface area (Å²) in [5, 5.41) is 0. The van der Waals surface area contributed by atoms with E-state index >= 15 is 0 Å². The Balaban J connectivity index is -0.0000000286. The average Bonchev–Trinajstić information content (AvgIpc) is 1.75. The molecule has 0 aliphatic heterocycles. The van der Waals surface area contributed by atoms with Crippen LogP contribution in [0.4, 0.5) is 0 Å². The molecule has 0 aliphatic carbocycles. The summed E-state index contributed by atoms with van der Waals surface area (Å²) in [6.45, 7) is 10.7. The standard InChI is InChI=1S/C4H10O.C2H5.BrH.Mg/c1-3-5-4-2;1-2;;/h3-4H2,1-2H3;1H2,2H3;1H;/q;-1;;+2/p-1. The molecule has 0 aromatic carbocycles. The molecular formula is C6H15BrMgO. The van der Waals surface area contributed by atoms with Crippen molar-refractivity contribution in [1.82, 2.24) is 0 Å². The van der Waals surface area contributed by atoms with E-state index in [2.05, 4.69) is 6.92 Å². The summed E-state index contributed by atoms with van der Waals surface area (Å²) in [5.41, 5.74) is 0. The number of hydrogen-bond acceptors (Lipinski definition) is 1. The molecule has 0 fully saturated rings. The van der Waals surface area contributed by atoms with Crippen molar-refractivity contribution in [2.45, 2.75) is 20.8 Å². The molecule has 0 rings (SSSR count). The van der Waals surface area contributed by atoms with E-state index in [1.165, 1.54) is 0 Å². The van der Waals surface area contributed by atoms with Crippen molar-refractivity contribution in [3.05, 3.63) is 6.92 Å². The second kappa shape index (κ2) is 35.0. The molecule has 0 spiro atoms. The summed E-state index contributed by atoms with van der Waals surface area (Å²) in [7, 11) is 0. The molecule has 1 nitrogen and oxygen atoms in total. The van der Waals surface area contributed by atoms with Gasteiger partial charge in [-0.15, -0.1) is 0 Å². The van der Waals surface area contributed by atoms with Crippen LogP contribution in [0.2, 0.25) is 0 Å². The van der Waals surface area contributed by atoms with E-state index in [0.717, 1.165) is 13.2 Å². The third-order valence-electron chi connectivity index (χ3n) is 0.408. The largest absolute Gasteiger partial charge is 2.00 e. The van der Waals surface area contributed by atoms with Gasteiger partial charge in [0.25, 0.3) is 0 Å². The molecule has 0 aromatic rings. The molecule has 3 heteroatoms. The van der Waals surface area contributed by atoms with Crippen LogP contribution in [0.5, 0.6) is 0 Å². The van der Waals surface area contributed by atoms with Gasteiger partial charge in [0.15, 0.2) is 0 Å². The fourth-order valence-corrected chi connectivity index (χ4v) is 0.204. The number of hydrogen-bond donors (Lipinski definition) is 0. The first-order valence-corrected chi connectivity index (χ1v) is 2.70. The number of rotatable bonds is 2. The minimum absolute atomic E-state index is 0. The van der Waals surface area contributed by atoms with Crippen molar-refractivity contribution >= 4 is 23.1 Å². The van der Waals surface area contributed by atoms with E-state index in [1.54, 1.807) is 6.92 Å². The summed E-state index contributed by atoms with van der Waals surface area (Å²) >= 11 is 0. The second-order valence-electron chi connectivity index (χ2n) is 0.781. The Hall–Kier alpha value is 1.21. The molecule has 0 radical (unpaired) electrons. The molecule has 54 valence electrons. The van der Waals surface area contributed by atoms with Crippen LogP contribution >= 0.6 is 0 Å². The van der Waals surface area contributed by atoms with E-state index in [4.69, 9.17) is 4.74 Å². The predicted molar refractivity (Wildman–Crippen MR) is 39.0 cm³/mol. The van der Waals surface area contributed by atoms with Crippen molar-refractivity contribution < 1.29 is 21.7 Å². The van der Waals surface area contributed by atoms with Crippen molar-refractivity contribution in [2.24, 2.45) is 0 Å². The maximum absolute atomic E-state index is 4.83. The number of ether oxygens (including phenoxy) is 1. The second-order valence-corrected chi connectivity index (χ2v) is 0.781. The smallest absolute Gasteiger partial charge is 1.00 e. The fraction of sp³-hybridized carbons (Fsp3) is 0.833. The van der Waals surface area contributed by atoms with Crippen molar-refractivity contribution in [1.29, 1.82) is 0 Å². The quantitative estimate of drug-likeness (QED) is 0.396. The van der Waals surface area contributed by atoms with Gasteiger partial charge in [-0.3, -0.25) is 0 Å². The van der Waals surface area contributed by atoms with Crippen LogP contribution in [0.3, 0.4) is 0 Å². The van der Waals surface area contributed by atoms with Crippen LogP contribution < -0.4 is 17.0 Å². The van der Waals surface area contributed by atoms with E-state index in [0.29, 0.717) is 0 Å². The minimum Gasteiger partial charge on any atom is -1.00 e. The van der Waals surface area contributed by atoms with Crippen LogP contribution in [0.1, 0.15) is 20.8 Å². The molecule has 0 saturated heterocycles. The summed E-state index contributed by atoms with van der Waals surface area (Å²) in [6.07, 6.45) is 0. The first-order chi connectivity index (χ1) is 3.41. The van der Waals surface area contributed by atoms with Gasteiger partial charge in [0.2, 0.25) is 0 Å². The van der Waals surface area contributed by atoms with E-state index in [9.17, 15) is 0 Å². The predicted octanol–water partition coefficient (Wildman–Crippen LogP) is -1.49. The monoisotopic (exact) mass is 206 g/mol. The first kappa shape index (κ1) is 22.5. The van der Waals surface area contributed by atoms with Gasteiger partial charge in [-0.1, -0.05) is 0 Å². The fourth-order valence-electron chi connectivity index (χ4n) is 0.204.